The molecule has 1 saturated heterocycles. The summed E-state index contributed by atoms with van der Waals surface area (Å²) in [6.45, 7) is 3.20. The lowest BCUT2D eigenvalue weighted by atomic mass is 10.1. The highest BCUT2D eigenvalue weighted by molar-refractivity contribution is 7.88. The number of hydrogen-bond donors (Lipinski definition) is 1. The zero-order valence-electron chi connectivity index (χ0n) is 11.5. The molecule has 7 heteroatoms. The van der Waals surface area contributed by atoms with Crippen LogP contribution in [-0.2, 0) is 23.1 Å². The normalized spacial score (nSPS) is 18.4. The fourth-order valence-electron chi connectivity index (χ4n) is 2.40. The summed E-state index contributed by atoms with van der Waals surface area (Å²) in [5.41, 5.74) is 7.18. The zero-order chi connectivity index (χ0) is 14.8. The van der Waals surface area contributed by atoms with Crippen molar-refractivity contribution in [3.05, 3.63) is 35.1 Å². The molecular weight excluding hydrogens is 281 g/mol. The van der Waals surface area contributed by atoms with Crippen molar-refractivity contribution in [1.29, 1.82) is 0 Å². The van der Waals surface area contributed by atoms with Gasteiger partial charge in [-0.05, 0) is 23.3 Å². The Kier molecular flexibility index (Phi) is 4.74. The van der Waals surface area contributed by atoms with Gasteiger partial charge in [-0.25, -0.2) is 12.8 Å². The number of piperazine rings is 1. The minimum absolute atomic E-state index is 0.280. The smallest absolute Gasteiger partial charge is 0.211 e. The van der Waals surface area contributed by atoms with Gasteiger partial charge in [0.1, 0.15) is 5.82 Å². The molecule has 0 bridgehead atoms. The second kappa shape index (κ2) is 6.17. The first-order valence-corrected chi connectivity index (χ1v) is 8.39. The third kappa shape index (κ3) is 3.99. The summed E-state index contributed by atoms with van der Waals surface area (Å²) in [6.07, 6.45) is 1.22. The number of hydrogen-bond acceptors (Lipinski definition) is 4. The third-order valence-electron chi connectivity index (χ3n) is 3.46. The second-order valence-corrected chi connectivity index (χ2v) is 7.09. The van der Waals surface area contributed by atoms with Gasteiger partial charge in [0.25, 0.3) is 0 Å². The minimum Gasteiger partial charge on any atom is -0.326 e. The molecule has 1 aliphatic heterocycles. The Bertz CT molecular complexity index is 569. The molecule has 0 aliphatic carbocycles. The van der Waals surface area contributed by atoms with Crippen molar-refractivity contribution in [1.82, 2.24) is 9.21 Å². The molecular formula is C13H20FN3O2S. The van der Waals surface area contributed by atoms with Crippen LogP contribution in [0.4, 0.5) is 4.39 Å². The van der Waals surface area contributed by atoms with Gasteiger partial charge in [0.2, 0.25) is 10.0 Å². The van der Waals surface area contributed by atoms with E-state index in [1.54, 1.807) is 0 Å². The fraction of sp³-hybridized carbons (Fsp3) is 0.538. The van der Waals surface area contributed by atoms with Gasteiger partial charge in [0.05, 0.1) is 6.26 Å². The van der Waals surface area contributed by atoms with Gasteiger partial charge in [-0.2, -0.15) is 4.31 Å². The Morgan fingerprint density at radius 2 is 1.75 bits per heavy atom. The monoisotopic (exact) mass is 301 g/mol. The summed E-state index contributed by atoms with van der Waals surface area (Å²) in [7, 11) is -3.11. The van der Waals surface area contributed by atoms with E-state index in [-0.39, 0.29) is 5.82 Å². The Labute approximate surface area is 119 Å². The summed E-state index contributed by atoms with van der Waals surface area (Å²) in [4.78, 5) is 2.12. The summed E-state index contributed by atoms with van der Waals surface area (Å²) in [5, 5.41) is 0. The van der Waals surface area contributed by atoms with E-state index in [0.29, 0.717) is 39.3 Å². The number of rotatable bonds is 4. The molecule has 2 rings (SSSR count). The lowest BCUT2D eigenvalue weighted by molar-refractivity contribution is 0.182. The van der Waals surface area contributed by atoms with Crippen LogP contribution >= 0.6 is 0 Å². The maximum absolute atomic E-state index is 13.4. The molecule has 0 atom stereocenters. The van der Waals surface area contributed by atoms with Crippen molar-refractivity contribution in [3.8, 4) is 0 Å². The lowest BCUT2D eigenvalue weighted by Crippen LogP contribution is -2.47. The van der Waals surface area contributed by atoms with Gasteiger partial charge < -0.3 is 5.73 Å². The van der Waals surface area contributed by atoms with Crippen molar-refractivity contribution in [2.24, 2.45) is 5.73 Å². The molecule has 1 aromatic carbocycles. The molecule has 1 heterocycles. The molecule has 112 valence electrons. The largest absolute Gasteiger partial charge is 0.326 e. The van der Waals surface area contributed by atoms with Crippen LogP contribution in [0, 0.1) is 5.82 Å². The highest BCUT2D eigenvalue weighted by Gasteiger charge is 2.23. The highest BCUT2D eigenvalue weighted by Crippen LogP contribution is 2.14. The molecule has 0 unspecified atom stereocenters. The summed E-state index contributed by atoms with van der Waals surface area (Å²) >= 11 is 0. The van der Waals surface area contributed by atoms with E-state index in [1.165, 1.54) is 22.7 Å². The standard InChI is InChI=1S/C13H20FN3O2S/c1-20(18,19)17-4-2-16(3-5-17)10-12-6-11(9-15)7-13(14)8-12/h6-8H,2-5,9-10,15H2,1H3. The number of halogens is 1. The number of sulfonamides is 1. The van der Waals surface area contributed by atoms with Gasteiger partial charge in [0.15, 0.2) is 0 Å². The molecule has 0 radical (unpaired) electrons. The van der Waals surface area contributed by atoms with Gasteiger partial charge in [-0.15, -0.1) is 0 Å². The topological polar surface area (TPSA) is 66.6 Å². The SMILES string of the molecule is CS(=O)(=O)N1CCN(Cc2cc(F)cc(CN)c2)CC1. The molecule has 0 aromatic heterocycles. The van der Waals surface area contributed by atoms with E-state index in [2.05, 4.69) is 4.90 Å². The van der Waals surface area contributed by atoms with Gasteiger partial charge in [-0.3, -0.25) is 4.90 Å². The first-order chi connectivity index (χ1) is 9.38. The Hall–Kier alpha value is -1.02. The number of nitrogens with two attached hydrogens (primary N) is 1. The van der Waals surface area contributed by atoms with Crippen LogP contribution in [-0.4, -0.2) is 50.1 Å². The summed E-state index contributed by atoms with van der Waals surface area (Å²) in [6, 6.07) is 4.83. The molecule has 0 saturated carbocycles. The van der Waals surface area contributed by atoms with Crippen LogP contribution in [0.5, 0.6) is 0 Å². The van der Waals surface area contributed by atoms with E-state index in [9.17, 15) is 12.8 Å². The van der Waals surface area contributed by atoms with Crippen LogP contribution in [0.15, 0.2) is 18.2 Å². The van der Waals surface area contributed by atoms with Crippen molar-refractivity contribution in [3.63, 3.8) is 0 Å². The second-order valence-electron chi connectivity index (χ2n) is 5.11. The van der Waals surface area contributed by atoms with E-state index in [0.717, 1.165) is 11.1 Å². The van der Waals surface area contributed by atoms with E-state index >= 15 is 0 Å². The molecule has 2 N–H and O–H groups in total. The highest BCUT2D eigenvalue weighted by atomic mass is 32.2. The number of benzene rings is 1. The van der Waals surface area contributed by atoms with Crippen LogP contribution in [0.2, 0.25) is 0 Å². The summed E-state index contributed by atoms with van der Waals surface area (Å²) in [5.74, 6) is -0.280. The maximum atomic E-state index is 13.4. The molecule has 1 fully saturated rings. The predicted molar refractivity (Wildman–Crippen MR) is 76.0 cm³/mol. The van der Waals surface area contributed by atoms with Crippen LogP contribution in [0.3, 0.4) is 0 Å². The van der Waals surface area contributed by atoms with Crippen molar-refractivity contribution >= 4 is 10.0 Å². The lowest BCUT2D eigenvalue weighted by Gasteiger charge is -2.33. The molecule has 1 aliphatic rings. The Morgan fingerprint density at radius 3 is 2.30 bits per heavy atom. The first-order valence-electron chi connectivity index (χ1n) is 6.54. The molecule has 0 amide bonds. The van der Waals surface area contributed by atoms with Crippen LogP contribution in [0.25, 0.3) is 0 Å². The zero-order valence-corrected chi connectivity index (χ0v) is 12.4. The fourth-order valence-corrected chi connectivity index (χ4v) is 3.23. The van der Waals surface area contributed by atoms with Crippen LogP contribution in [0.1, 0.15) is 11.1 Å². The summed E-state index contributed by atoms with van der Waals surface area (Å²) < 4.78 is 37.7. The number of nitrogens with zero attached hydrogens (tertiary/aromatic N) is 2. The average molecular weight is 301 g/mol. The minimum atomic E-state index is -3.11. The van der Waals surface area contributed by atoms with Gasteiger partial charge in [-0.1, -0.05) is 6.07 Å². The van der Waals surface area contributed by atoms with Crippen molar-refractivity contribution in [2.75, 3.05) is 32.4 Å². The van der Waals surface area contributed by atoms with E-state index < -0.39 is 10.0 Å². The van der Waals surface area contributed by atoms with Gasteiger partial charge >= 0.3 is 0 Å². The van der Waals surface area contributed by atoms with Gasteiger partial charge in [0, 0.05) is 39.3 Å². The average Bonchev–Trinajstić information content (AvgIpc) is 2.37. The Morgan fingerprint density at radius 1 is 1.15 bits per heavy atom. The third-order valence-corrected chi connectivity index (χ3v) is 4.76. The quantitative estimate of drug-likeness (QED) is 0.872. The Balaban J connectivity index is 1.97. The molecule has 0 spiro atoms. The predicted octanol–water partition coefficient (Wildman–Crippen LogP) is 0.362. The van der Waals surface area contributed by atoms with E-state index in [4.69, 9.17) is 5.73 Å². The molecule has 1 aromatic rings. The van der Waals surface area contributed by atoms with Crippen molar-refractivity contribution < 1.29 is 12.8 Å². The molecule has 5 nitrogen and oxygen atoms in total. The van der Waals surface area contributed by atoms with Crippen LogP contribution < -0.4 is 5.73 Å². The molecule has 20 heavy (non-hydrogen) atoms. The van der Waals surface area contributed by atoms with Crippen molar-refractivity contribution in [2.45, 2.75) is 13.1 Å². The van der Waals surface area contributed by atoms with E-state index in [1.807, 2.05) is 6.07 Å². The maximum Gasteiger partial charge on any atom is 0.211 e. The first kappa shape index (κ1) is 15.4.